The summed E-state index contributed by atoms with van der Waals surface area (Å²) < 4.78 is 0. The smallest absolute Gasteiger partial charge is 0.238 e. The van der Waals surface area contributed by atoms with Gasteiger partial charge in [-0.1, -0.05) is 19.1 Å². The summed E-state index contributed by atoms with van der Waals surface area (Å²) in [6, 6.07) is 8.36. The van der Waals surface area contributed by atoms with Crippen molar-refractivity contribution in [3.8, 4) is 0 Å². The molecule has 1 aromatic heterocycles. The molecule has 3 aliphatic rings. The molecule has 1 aromatic carbocycles. The van der Waals surface area contributed by atoms with Gasteiger partial charge in [-0.3, -0.25) is 14.5 Å². The van der Waals surface area contributed by atoms with Crippen LogP contribution in [0.15, 0.2) is 30.5 Å². The Labute approximate surface area is 194 Å². The molecule has 1 saturated heterocycles. The average molecular weight is 449 g/mol. The normalized spacial score (nSPS) is 22.3. The van der Waals surface area contributed by atoms with Gasteiger partial charge in [0.05, 0.1) is 5.41 Å². The third kappa shape index (κ3) is 3.97. The summed E-state index contributed by atoms with van der Waals surface area (Å²) in [6.45, 7) is 7.59. The number of carbonyl (C=O) groups is 2. The lowest BCUT2D eigenvalue weighted by molar-refractivity contribution is -0.122. The molecule has 1 saturated carbocycles. The monoisotopic (exact) mass is 448 g/mol. The third-order valence-corrected chi connectivity index (χ3v) is 7.37. The van der Waals surface area contributed by atoms with Crippen LogP contribution in [-0.4, -0.2) is 39.9 Å². The first-order chi connectivity index (χ1) is 15.8. The van der Waals surface area contributed by atoms with Gasteiger partial charge < -0.3 is 16.0 Å². The third-order valence-electron chi connectivity index (χ3n) is 7.37. The number of benzene rings is 1. The topological polar surface area (TPSA) is 99.3 Å². The van der Waals surface area contributed by atoms with Gasteiger partial charge in [0.15, 0.2) is 0 Å². The first kappa shape index (κ1) is 21.8. The van der Waals surface area contributed by atoms with Gasteiger partial charge in [-0.15, -0.1) is 0 Å². The Morgan fingerprint density at radius 3 is 2.58 bits per heavy atom. The SMILES string of the molecule is CCC1(N2C(=O)C(C)(C)c3cnc(Nc4ccc(CNCC5CCC(=O)N5)cc4)nc32)CC1. The van der Waals surface area contributed by atoms with Gasteiger partial charge in [-0.25, -0.2) is 4.98 Å². The Kier molecular flexibility index (Phi) is 5.35. The molecular weight excluding hydrogens is 416 g/mol. The van der Waals surface area contributed by atoms with Gasteiger partial charge in [-0.2, -0.15) is 4.98 Å². The van der Waals surface area contributed by atoms with Crippen molar-refractivity contribution in [3.63, 3.8) is 0 Å². The molecule has 0 bridgehead atoms. The van der Waals surface area contributed by atoms with E-state index in [0.29, 0.717) is 12.4 Å². The van der Waals surface area contributed by atoms with E-state index in [-0.39, 0.29) is 23.4 Å². The Morgan fingerprint density at radius 1 is 1.18 bits per heavy atom. The molecule has 2 aromatic rings. The number of carbonyl (C=O) groups excluding carboxylic acids is 2. The molecule has 8 nitrogen and oxygen atoms in total. The molecule has 174 valence electrons. The summed E-state index contributed by atoms with van der Waals surface area (Å²) in [5, 5.41) is 9.67. The molecule has 2 aliphatic heterocycles. The van der Waals surface area contributed by atoms with Gasteiger partial charge >= 0.3 is 0 Å². The van der Waals surface area contributed by atoms with Crippen LogP contribution in [0.2, 0.25) is 0 Å². The van der Waals surface area contributed by atoms with Crippen molar-refractivity contribution in [2.75, 3.05) is 16.8 Å². The quantitative estimate of drug-likeness (QED) is 0.574. The molecule has 5 rings (SSSR count). The Balaban J connectivity index is 1.26. The zero-order chi connectivity index (χ0) is 23.2. The summed E-state index contributed by atoms with van der Waals surface area (Å²) in [5.41, 5.74) is 2.28. The fourth-order valence-corrected chi connectivity index (χ4v) is 4.91. The largest absolute Gasteiger partial charge is 0.352 e. The summed E-state index contributed by atoms with van der Waals surface area (Å²) >= 11 is 0. The van der Waals surface area contributed by atoms with Gasteiger partial charge in [0.1, 0.15) is 5.82 Å². The molecule has 2 amide bonds. The predicted octanol–water partition coefficient (Wildman–Crippen LogP) is 3.16. The maximum Gasteiger partial charge on any atom is 0.238 e. The molecule has 1 unspecified atom stereocenters. The van der Waals surface area contributed by atoms with Crippen molar-refractivity contribution >= 4 is 29.3 Å². The fraction of sp³-hybridized carbons (Fsp3) is 0.520. The number of amides is 2. The zero-order valence-corrected chi connectivity index (χ0v) is 19.6. The fourth-order valence-electron chi connectivity index (χ4n) is 4.91. The van der Waals surface area contributed by atoms with Crippen LogP contribution in [0.4, 0.5) is 17.5 Å². The van der Waals surface area contributed by atoms with E-state index in [2.05, 4.69) is 40.0 Å². The number of aromatic nitrogens is 2. The molecule has 1 atom stereocenters. The van der Waals surface area contributed by atoms with E-state index < -0.39 is 5.41 Å². The molecule has 0 radical (unpaired) electrons. The van der Waals surface area contributed by atoms with E-state index in [0.717, 1.165) is 61.4 Å². The predicted molar refractivity (Wildman–Crippen MR) is 127 cm³/mol. The van der Waals surface area contributed by atoms with Crippen LogP contribution in [0.5, 0.6) is 0 Å². The summed E-state index contributed by atoms with van der Waals surface area (Å²) in [7, 11) is 0. The standard InChI is InChI=1S/C25H32N6O2/c1-4-25(11-12-25)31-21-19(24(2,3)22(31)33)15-27-23(30-21)29-17-7-5-16(6-8-17)13-26-14-18-9-10-20(32)28-18/h5-8,15,18,26H,4,9-14H2,1-3H3,(H,28,32)(H,27,29,30). The highest BCUT2D eigenvalue weighted by Gasteiger charge is 2.57. The van der Waals surface area contributed by atoms with Crippen molar-refractivity contribution in [2.24, 2.45) is 0 Å². The molecule has 33 heavy (non-hydrogen) atoms. The molecule has 3 N–H and O–H groups in total. The number of fused-ring (bicyclic) bond motifs is 1. The molecule has 1 aliphatic carbocycles. The minimum atomic E-state index is -0.603. The van der Waals surface area contributed by atoms with Crippen LogP contribution < -0.4 is 20.9 Å². The molecule has 0 spiro atoms. The van der Waals surface area contributed by atoms with E-state index in [9.17, 15) is 9.59 Å². The number of nitrogens with one attached hydrogen (secondary N) is 3. The van der Waals surface area contributed by atoms with E-state index in [1.54, 1.807) is 6.20 Å². The summed E-state index contributed by atoms with van der Waals surface area (Å²) in [5.74, 6) is 1.52. The summed E-state index contributed by atoms with van der Waals surface area (Å²) in [4.78, 5) is 35.8. The molecule has 8 heteroatoms. The van der Waals surface area contributed by atoms with Crippen molar-refractivity contribution in [1.82, 2.24) is 20.6 Å². The van der Waals surface area contributed by atoms with E-state index in [1.165, 1.54) is 0 Å². The number of nitrogens with zero attached hydrogens (tertiary/aromatic N) is 3. The number of anilines is 3. The first-order valence-corrected chi connectivity index (χ1v) is 11.9. The van der Waals surface area contributed by atoms with Gasteiger partial charge in [0.25, 0.3) is 0 Å². The summed E-state index contributed by atoms with van der Waals surface area (Å²) in [6.07, 6.45) is 6.31. The van der Waals surface area contributed by atoms with Crippen molar-refractivity contribution in [2.45, 2.75) is 76.4 Å². The first-order valence-electron chi connectivity index (χ1n) is 11.9. The second kappa shape index (κ2) is 8.09. The van der Waals surface area contributed by atoms with Gasteiger partial charge in [0.2, 0.25) is 17.8 Å². The number of rotatable bonds is 8. The van der Waals surface area contributed by atoms with Crippen LogP contribution in [0.1, 0.15) is 64.0 Å². The van der Waals surface area contributed by atoms with Crippen molar-refractivity contribution < 1.29 is 9.59 Å². The minimum absolute atomic E-state index is 0.0822. The highest BCUT2D eigenvalue weighted by molar-refractivity contribution is 6.08. The highest BCUT2D eigenvalue weighted by atomic mass is 16.2. The van der Waals surface area contributed by atoms with Crippen LogP contribution in [0.3, 0.4) is 0 Å². The molecule has 2 fully saturated rings. The van der Waals surface area contributed by atoms with E-state index in [4.69, 9.17) is 4.98 Å². The second-order valence-electron chi connectivity index (χ2n) is 10.0. The van der Waals surface area contributed by atoms with Gasteiger partial charge in [-0.05, 0) is 57.2 Å². The van der Waals surface area contributed by atoms with Crippen LogP contribution in [0.25, 0.3) is 0 Å². The Morgan fingerprint density at radius 2 is 1.94 bits per heavy atom. The van der Waals surface area contributed by atoms with E-state index >= 15 is 0 Å². The Hall–Kier alpha value is -3.00. The lowest BCUT2D eigenvalue weighted by Gasteiger charge is -2.28. The lowest BCUT2D eigenvalue weighted by atomic mass is 9.88. The second-order valence-corrected chi connectivity index (χ2v) is 10.0. The number of hydrogen-bond acceptors (Lipinski definition) is 6. The maximum absolute atomic E-state index is 13.2. The highest BCUT2D eigenvalue weighted by Crippen LogP contribution is 2.53. The minimum Gasteiger partial charge on any atom is -0.352 e. The van der Waals surface area contributed by atoms with Crippen LogP contribution >= 0.6 is 0 Å². The van der Waals surface area contributed by atoms with Crippen LogP contribution in [0, 0.1) is 0 Å². The lowest BCUT2D eigenvalue weighted by Crippen LogP contribution is -2.44. The average Bonchev–Trinajstić information content (AvgIpc) is 3.43. The molecular formula is C25H32N6O2. The maximum atomic E-state index is 13.2. The van der Waals surface area contributed by atoms with Gasteiger partial charge in [0, 0.05) is 48.5 Å². The van der Waals surface area contributed by atoms with Crippen molar-refractivity contribution in [1.29, 1.82) is 0 Å². The number of hydrogen-bond donors (Lipinski definition) is 3. The van der Waals surface area contributed by atoms with E-state index in [1.807, 2.05) is 30.9 Å². The zero-order valence-electron chi connectivity index (χ0n) is 19.6. The van der Waals surface area contributed by atoms with Crippen LogP contribution in [-0.2, 0) is 21.5 Å². The molecule has 3 heterocycles. The van der Waals surface area contributed by atoms with Crippen molar-refractivity contribution in [3.05, 3.63) is 41.6 Å². The Bertz CT molecular complexity index is 1080.